The van der Waals surface area contributed by atoms with E-state index in [1.54, 1.807) is 17.3 Å². The van der Waals surface area contributed by atoms with Crippen molar-refractivity contribution in [3.63, 3.8) is 0 Å². The van der Waals surface area contributed by atoms with Crippen LogP contribution < -0.4 is 5.32 Å². The number of thiazole rings is 1. The molecule has 1 aliphatic carbocycles. The Balaban J connectivity index is 2.12. The van der Waals surface area contributed by atoms with Crippen molar-refractivity contribution in [3.05, 3.63) is 16.1 Å². The lowest BCUT2D eigenvalue weighted by Gasteiger charge is -2.35. The van der Waals surface area contributed by atoms with Gasteiger partial charge in [0.2, 0.25) is 5.91 Å². The van der Waals surface area contributed by atoms with Crippen LogP contribution in [-0.2, 0) is 23.9 Å². The number of amides is 2. The van der Waals surface area contributed by atoms with Crippen molar-refractivity contribution in [2.45, 2.75) is 91.8 Å². The fourth-order valence-corrected chi connectivity index (χ4v) is 5.54. The molecule has 0 unspecified atom stereocenters. The number of carbonyl (C=O) groups excluding carboxylic acids is 4. The van der Waals surface area contributed by atoms with E-state index in [0.29, 0.717) is 37.1 Å². The Bertz CT molecular complexity index is 938. The van der Waals surface area contributed by atoms with Crippen LogP contribution in [0.1, 0.15) is 95.2 Å². The average molecular weight is 538 g/mol. The fraction of sp³-hybridized carbons (Fsp3) is 0.741. The van der Waals surface area contributed by atoms with Gasteiger partial charge in [-0.15, -0.1) is 11.3 Å². The lowest BCUT2D eigenvalue weighted by atomic mass is 9.86. The summed E-state index contributed by atoms with van der Waals surface area (Å²) in [5.74, 6) is -0.791. The summed E-state index contributed by atoms with van der Waals surface area (Å²) in [5.41, 5.74) is 0.270. The van der Waals surface area contributed by atoms with Crippen molar-refractivity contribution >= 4 is 35.1 Å². The molecule has 0 radical (unpaired) electrons. The second-order valence-electron chi connectivity index (χ2n) is 10.7. The van der Waals surface area contributed by atoms with E-state index in [4.69, 9.17) is 9.47 Å². The predicted molar refractivity (Wildman–Crippen MR) is 142 cm³/mol. The molecular weight excluding hydrogens is 494 g/mol. The standard InChI is InChI=1S/C27H43N3O6S/c1-15(2)17(5)26(33)30(7)22(16(3)4)13-23(36-18(6)31)25-29-21(14-37-25)24(32)28-20-11-9-19(10-12-20)27(34)35-8/h14-17,19-20,22-23H,9-13H2,1-8H3,(H,28,32)/t17-,19-,20-,22+,23+/m0/s1. The zero-order chi connectivity index (χ0) is 27.9. The lowest BCUT2D eigenvalue weighted by Crippen LogP contribution is -2.44. The highest BCUT2D eigenvalue weighted by Crippen LogP contribution is 2.31. The van der Waals surface area contributed by atoms with E-state index in [2.05, 4.69) is 10.3 Å². The molecule has 0 spiro atoms. The normalized spacial score (nSPS) is 20.2. The molecule has 10 heteroatoms. The Labute approximate surface area is 224 Å². The molecule has 1 aliphatic rings. The molecule has 0 aliphatic heterocycles. The van der Waals surface area contributed by atoms with Gasteiger partial charge in [-0.1, -0.05) is 34.6 Å². The molecule has 1 aromatic heterocycles. The summed E-state index contributed by atoms with van der Waals surface area (Å²) in [6.45, 7) is 11.4. The Hall–Kier alpha value is -2.49. The smallest absolute Gasteiger partial charge is 0.308 e. The van der Waals surface area contributed by atoms with Crippen LogP contribution >= 0.6 is 11.3 Å². The predicted octanol–water partition coefficient (Wildman–Crippen LogP) is 4.37. The molecule has 1 aromatic rings. The van der Waals surface area contributed by atoms with Crippen LogP contribution in [0, 0.1) is 23.7 Å². The molecule has 9 nitrogen and oxygen atoms in total. The van der Waals surface area contributed by atoms with Gasteiger partial charge in [0.15, 0.2) is 6.10 Å². The van der Waals surface area contributed by atoms with Gasteiger partial charge in [-0.3, -0.25) is 19.2 Å². The van der Waals surface area contributed by atoms with E-state index in [1.807, 2.05) is 34.6 Å². The first-order valence-electron chi connectivity index (χ1n) is 13.1. The number of hydrogen-bond acceptors (Lipinski definition) is 8. The van der Waals surface area contributed by atoms with E-state index in [0.717, 1.165) is 0 Å². The largest absolute Gasteiger partial charge is 0.469 e. The SMILES string of the molecule is COC(=O)[C@H]1CC[C@H](NC(=O)c2csc([C@@H](C[C@H](C(C)C)N(C)C(=O)[C@@H](C)C(C)C)OC(C)=O)n2)CC1. The van der Waals surface area contributed by atoms with Crippen LogP contribution in [-0.4, -0.2) is 59.9 Å². The van der Waals surface area contributed by atoms with Crippen molar-refractivity contribution in [3.8, 4) is 0 Å². The number of methoxy groups -OCH3 is 1. The van der Waals surface area contributed by atoms with Gasteiger partial charge in [0.25, 0.3) is 5.91 Å². The molecule has 1 saturated carbocycles. The first kappa shape index (κ1) is 30.7. The van der Waals surface area contributed by atoms with E-state index >= 15 is 0 Å². The number of esters is 2. The lowest BCUT2D eigenvalue weighted by molar-refractivity contribution is -0.149. The third-order valence-corrected chi connectivity index (χ3v) is 8.33. The fourth-order valence-electron chi connectivity index (χ4n) is 4.71. The summed E-state index contributed by atoms with van der Waals surface area (Å²) in [6.07, 6.45) is 2.46. The van der Waals surface area contributed by atoms with Crippen molar-refractivity contribution in [1.82, 2.24) is 15.2 Å². The Morgan fingerprint density at radius 2 is 1.70 bits per heavy atom. The summed E-state index contributed by atoms with van der Waals surface area (Å²) in [6, 6.07) is -0.208. The number of carbonyl (C=O) groups is 4. The van der Waals surface area contributed by atoms with Crippen LogP contribution in [0.5, 0.6) is 0 Å². The van der Waals surface area contributed by atoms with E-state index < -0.39 is 12.1 Å². The van der Waals surface area contributed by atoms with Gasteiger partial charge in [-0.25, -0.2) is 4.98 Å². The summed E-state index contributed by atoms with van der Waals surface area (Å²) in [7, 11) is 3.19. The molecule has 0 aromatic carbocycles. The number of nitrogens with one attached hydrogen (secondary N) is 1. The van der Waals surface area contributed by atoms with Crippen molar-refractivity contribution in [2.75, 3.05) is 14.2 Å². The molecule has 0 saturated heterocycles. The molecule has 2 rings (SSSR count). The van der Waals surface area contributed by atoms with Gasteiger partial charge in [0.05, 0.1) is 13.0 Å². The van der Waals surface area contributed by atoms with E-state index in [1.165, 1.54) is 25.4 Å². The topological polar surface area (TPSA) is 115 Å². The zero-order valence-corrected chi connectivity index (χ0v) is 24.2. The third-order valence-electron chi connectivity index (χ3n) is 7.39. The minimum Gasteiger partial charge on any atom is -0.469 e. The third kappa shape index (κ3) is 8.51. The molecule has 1 fully saturated rings. The van der Waals surface area contributed by atoms with Gasteiger partial charge in [0.1, 0.15) is 10.7 Å². The van der Waals surface area contributed by atoms with Crippen LogP contribution in [0.4, 0.5) is 0 Å². The quantitative estimate of drug-likeness (QED) is 0.417. The van der Waals surface area contributed by atoms with Crippen molar-refractivity contribution in [2.24, 2.45) is 23.7 Å². The first-order chi connectivity index (χ1) is 17.3. The second-order valence-corrected chi connectivity index (χ2v) is 11.6. The molecule has 0 bridgehead atoms. The van der Waals surface area contributed by atoms with Crippen LogP contribution in [0.15, 0.2) is 5.38 Å². The first-order valence-corrected chi connectivity index (χ1v) is 14.0. The van der Waals surface area contributed by atoms with E-state index in [9.17, 15) is 19.2 Å². The highest BCUT2D eigenvalue weighted by atomic mass is 32.1. The number of nitrogens with zero attached hydrogens (tertiary/aromatic N) is 2. The second kappa shape index (κ2) is 13.9. The van der Waals surface area contributed by atoms with Crippen molar-refractivity contribution < 1.29 is 28.7 Å². The minimum atomic E-state index is -0.670. The Kier molecular flexibility index (Phi) is 11.5. The van der Waals surface area contributed by atoms with Crippen LogP contribution in [0.3, 0.4) is 0 Å². The summed E-state index contributed by atoms with van der Waals surface area (Å²) in [5, 5.41) is 5.21. The number of aromatic nitrogens is 1. The van der Waals surface area contributed by atoms with Gasteiger partial charge >= 0.3 is 11.9 Å². The zero-order valence-electron chi connectivity index (χ0n) is 23.4. The summed E-state index contributed by atoms with van der Waals surface area (Å²) < 4.78 is 10.5. The maximum absolute atomic E-state index is 13.1. The molecule has 3 atom stereocenters. The maximum atomic E-state index is 13.1. The summed E-state index contributed by atoms with van der Waals surface area (Å²) >= 11 is 1.27. The summed E-state index contributed by atoms with van der Waals surface area (Å²) in [4.78, 5) is 55.9. The highest BCUT2D eigenvalue weighted by molar-refractivity contribution is 7.09. The van der Waals surface area contributed by atoms with Crippen molar-refractivity contribution in [1.29, 1.82) is 0 Å². The molecular formula is C27H43N3O6S. The van der Waals surface area contributed by atoms with Crippen LogP contribution in [0.2, 0.25) is 0 Å². The minimum absolute atomic E-state index is 0.0317. The van der Waals surface area contributed by atoms with E-state index in [-0.39, 0.29) is 59.2 Å². The van der Waals surface area contributed by atoms with Crippen LogP contribution in [0.25, 0.3) is 0 Å². The Morgan fingerprint density at radius 3 is 2.22 bits per heavy atom. The maximum Gasteiger partial charge on any atom is 0.308 e. The monoisotopic (exact) mass is 537 g/mol. The number of ether oxygens (including phenoxy) is 2. The van der Waals surface area contributed by atoms with Gasteiger partial charge in [-0.05, 0) is 37.5 Å². The molecule has 2 amide bonds. The number of rotatable bonds is 11. The Morgan fingerprint density at radius 1 is 1.08 bits per heavy atom. The highest BCUT2D eigenvalue weighted by Gasteiger charge is 2.33. The molecule has 37 heavy (non-hydrogen) atoms. The van der Waals surface area contributed by atoms with Gasteiger partial charge in [0, 0.05) is 43.8 Å². The molecule has 1 heterocycles. The molecule has 208 valence electrons. The van der Waals surface area contributed by atoms with Gasteiger partial charge in [-0.2, -0.15) is 0 Å². The molecule has 1 N–H and O–H groups in total. The number of hydrogen-bond donors (Lipinski definition) is 1. The average Bonchev–Trinajstić information content (AvgIpc) is 3.35. The van der Waals surface area contributed by atoms with Gasteiger partial charge < -0.3 is 19.7 Å².